The normalized spacial score (nSPS) is 10.7. The molecule has 0 aliphatic carbocycles. The van der Waals surface area contributed by atoms with Crippen molar-refractivity contribution in [2.75, 3.05) is 5.73 Å². The highest BCUT2D eigenvalue weighted by Gasteiger charge is 2.12. The second-order valence-electron chi connectivity index (χ2n) is 3.48. The van der Waals surface area contributed by atoms with E-state index in [-0.39, 0.29) is 42.2 Å². The van der Waals surface area contributed by atoms with Gasteiger partial charge in [0, 0.05) is 24.2 Å². The van der Waals surface area contributed by atoms with E-state index in [1.807, 2.05) is 6.92 Å². The SMILES string of the molecule is C[C@H](N)CC#Cc1cnc(N)c(C(F)F)c1.Cl.Cl. The Labute approximate surface area is 117 Å². The minimum atomic E-state index is -2.64. The summed E-state index contributed by atoms with van der Waals surface area (Å²) in [5.74, 6) is 5.34. The maximum absolute atomic E-state index is 12.5. The summed E-state index contributed by atoms with van der Waals surface area (Å²) < 4.78 is 24.9. The zero-order chi connectivity index (χ0) is 12.1. The maximum atomic E-state index is 12.5. The average molecular weight is 298 g/mol. The lowest BCUT2D eigenvalue weighted by Crippen LogP contribution is -2.12. The second-order valence-corrected chi connectivity index (χ2v) is 3.48. The first kappa shape index (κ1) is 19.3. The largest absolute Gasteiger partial charge is 0.383 e. The number of alkyl halides is 2. The van der Waals surface area contributed by atoms with Gasteiger partial charge in [0.25, 0.3) is 6.43 Å². The van der Waals surface area contributed by atoms with E-state index >= 15 is 0 Å². The number of nitrogens with two attached hydrogens (primary N) is 2. The number of aromatic nitrogens is 1. The Morgan fingerprint density at radius 3 is 2.50 bits per heavy atom. The predicted molar refractivity (Wildman–Crippen MR) is 73.2 cm³/mol. The minimum absolute atomic E-state index is 0. The highest BCUT2D eigenvalue weighted by molar-refractivity contribution is 5.85. The van der Waals surface area contributed by atoms with Crippen molar-refractivity contribution in [1.29, 1.82) is 0 Å². The lowest BCUT2D eigenvalue weighted by atomic mass is 10.2. The molecule has 7 heteroatoms. The smallest absolute Gasteiger partial charge is 0.267 e. The fourth-order valence-electron chi connectivity index (χ4n) is 1.05. The third-order valence-electron chi connectivity index (χ3n) is 1.84. The summed E-state index contributed by atoms with van der Waals surface area (Å²) in [6.07, 6.45) is -0.758. The molecule has 0 aliphatic heterocycles. The number of nitrogen functional groups attached to an aromatic ring is 1. The Kier molecular flexibility index (Phi) is 9.54. The molecule has 3 nitrogen and oxygen atoms in total. The Balaban J connectivity index is 0. The number of hydrogen-bond acceptors (Lipinski definition) is 3. The first-order valence-electron chi connectivity index (χ1n) is 4.78. The third kappa shape index (κ3) is 6.01. The topological polar surface area (TPSA) is 64.9 Å². The molecular formula is C11H15Cl2F2N3. The monoisotopic (exact) mass is 297 g/mol. The highest BCUT2D eigenvalue weighted by Crippen LogP contribution is 2.23. The van der Waals surface area contributed by atoms with Crippen LogP contribution in [-0.4, -0.2) is 11.0 Å². The van der Waals surface area contributed by atoms with Gasteiger partial charge in [0.05, 0.1) is 5.56 Å². The van der Waals surface area contributed by atoms with Gasteiger partial charge in [-0.1, -0.05) is 11.8 Å². The van der Waals surface area contributed by atoms with E-state index in [0.29, 0.717) is 12.0 Å². The molecule has 0 aromatic carbocycles. The van der Waals surface area contributed by atoms with Crippen LogP contribution in [0, 0.1) is 11.8 Å². The molecule has 1 rings (SSSR count). The van der Waals surface area contributed by atoms with Gasteiger partial charge >= 0.3 is 0 Å². The Morgan fingerprint density at radius 1 is 1.39 bits per heavy atom. The van der Waals surface area contributed by atoms with E-state index in [1.165, 1.54) is 12.3 Å². The van der Waals surface area contributed by atoms with Crippen molar-refractivity contribution in [2.24, 2.45) is 5.73 Å². The fraction of sp³-hybridized carbons (Fsp3) is 0.364. The van der Waals surface area contributed by atoms with Gasteiger partial charge in [0.15, 0.2) is 0 Å². The lowest BCUT2D eigenvalue weighted by molar-refractivity contribution is 0.152. The van der Waals surface area contributed by atoms with Gasteiger partial charge in [-0.15, -0.1) is 24.8 Å². The van der Waals surface area contributed by atoms with Crippen LogP contribution in [0.3, 0.4) is 0 Å². The molecule has 18 heavy (non-hydrogen) atoms. The van der Waals surface area contributed by atoms with E-state index in [4.69, 9.17) is 11.5 Å². The predicted octanol–water partition coefficient (Wildman–Crippen LogP) is 2.53. The van der Waals surface area contributed by atoms with Crippen LogP contribution in [0.4, 0.5) is 14.6 Å². The Morgan fingerprint density at radius 2 is 2.00 bits per heavy atom. The summed E-state index contributed by atoms with van der Waals surface area (Å²) in [5, 5.41) is 0. The molecule has 1 aromatic heterocycles. The molecule has 0 bridgehead atoms. The molecule has 1 atom stereocenters. The third-order valence-corrected chi connectivity index (χ3v) is 1.84. The van der Waals surface area contributed by atoms with Crippen LogP contribution in [0.25, 0.3) is 0 Å². The molecule has 1 heterocycles. The van der Waals surface area contributed by atoms with Crippen molar-refractivity contribution in [3.05, 3.63) is 23.4 Å². The van der Waals surface area contributed by atoms with Crippen LogP contribution < -0.4 is 11.5 Å². The maximum Gasteiger partial charge on any atom is 0.267 e. The van der Waals surface area contributed by atoms with Crippen molar-refractivity contribution in [3.63, 3.8) is 0 Å². The molecule has 0 fully saturated rings. The Bertz CT molecular complexity index is 428. The number of nitrogens with zero attached hydrogens (tertiary/aromatic N) is 1. The van der Waals surface area contributed by atoms with Crippen molar-refractivity contribution in [1.82, 2.24) is 4.98 Å². The number of rotatable bonds is 2. The summed E-state index contributed by atoms with van der Waals surface area (Å²) in [6.45, 7) is 1.82. The molecule has 0 saturated carbocycles. The number of pyridine rings is 1. The quantitative estimate of drug-likeness (QED) is 0.825. The number of hydrogen-bond donors (Lipinski definition) is 2. The van der Waals surface area contributed by atoms with Crippen LogP contribution in [0.2, 0.25) is 0 Å². The number of anilines is 1. The van der Waals surface area contributed by atoms with E-state index in [9.17, 15) is 8.78 Å². The van der Waals surface area contributed by atoms with Crippen molar-refractivity contribution in [3.8, 4) is 11.8 Å². The zero-order valence-corrected chi connectivity index (χ0v) is 11.3. The van der Waals surface area contributed by atoms with Crippen LogP contribution in [0.5, 0.6) is 0 Å². The molecule has 0 aliphatic rings. The van der Waals surface area contributed by atoms with E-state index < -0.39 is 6.43 Å². The van der Waals surface area contributed by atoms with Gasteiger partial charge < -0.3 is 11.5 Å². The first-order valence-corrected chi connectivity index (χ1v) is 4.78. The molecule has 0 unspecified atom stereocenters. The van der Waals surface area contributed by atoms with Crippen LogP contribution in [-0.2, 0) is 0 Å². The standard InChI is InChI=1S/C11H13F2N3.2ClH/c1-7(14)3-2-4-8-5-9(10(12)13)11(15)16-6-8;;/h5-7,10H,3,14H2,1H3,(H2,15,16);2*1H/t7-;;/m0../s1. The second kappa shape index (κ2) is 8.92. The molecule has 102 valence electrons. The van der Waals surface area contributed by atoms with Gasteiger partial charge in [0.2, 0.25) is 0 Å². The van der Waals surface area contributed by atoms with E-state index in [0.717, 1.165) is 0 Å². The zero-order valence-electron chi connectivity index (χ0n) is 9.69. The van der Waals surface area contributed by atoms with Gasteiger partial charge in [-0.3, -0.25) is 0 Å². The summed E-state index contributed by atoms with van der Waals surface area (Å²) in [6, 6.07) is 1.21. The molecule has 0 saturated heterocycles. The first-order chi connectivity index (χ1) is 7.50. The van der Waals surface area contributed by atoms with Crippen molar-refractivity contribution >= 4 is 30.6 Å². The van der Waals surface area contributed by atoms with Crippen LogP contribution >= 0.6 is 24.8 Å². The summed E-state index contributed by atoms with van der Waals surface area (Å²) in [5.41, 5.74) is 10.9. The molecule has 0 amide bonds. The summed E-state index contributed by atoms with van der Waals surface area (Å²) in [4.78, 5) is 3.66. The molecular weight excluding hydrogens is 283 g/mol. The van der Waals surface area contributed by atoms with Gasteiger partial charge in [0.1, 0.15) is 5.82 Å². The van der Waals surface area contributed by atoms with Crippen LogP contribution in [0.1, 0.15) is 30.9 Å². The number of halogens is 4. The molecule has 0 spiro atoms. The fourth-order valence-corrected chi connectivity index (χ4v) is 1.05. The van der Waals surface area contributed by atoms with Crippen LogP contribution in [0.15, 0.2) is 12.3 Å². The summed E-state index contributed by atoms with van der Waals surface area (Å²) in [7, 11) is 0. The minimum Gasteiger partial charge on any atom is -0.383 e. The lowest BCUT2D eigenvalue weighted by Gasteiger charge is -2.03. The highest BCUT2D eigenvalue weighted by atomic mass is 35.5. The molecule has 1 aromatic rings. The van der Waals surface area contributed by atoms with Crippen molar-refractivity contribution in [2.45, 2.75) is 25.8 Å². The average Bonchev–Trinajstić information content (AvgIpc) is 2.19. The Hall–Kier alpha value is -1.09. The molecule has 0 radical (unpaired) electrons. The van der Waals surface area contributed by atoms with Crippen molar-refractivity contribution < 1.29 is 8.78 Å². The van der Waals surface area contributed by atoms with E-state index in [1.54, 1.807) is 0 Å². The summed E-state index contributed by atoms with van der Waals surface area (Å²) >= 11 is 0. The van der Waals surface area contributed by atoms with Gasteiger partial charge in [-0.2, -0.15) is 0 Å². The molecule has 4 N–H and O–H groups in total. The van der Waals surface area contributed by atoms with Gasteiger partial charge in [-0.05, 0) is 13.0 Å². The van der Waals surface area contributed by atoms with Gasteiger partial charge in [-0.25, -0.2) is 13.8 Å². The van der Waals surface area contributed by atoms with E-state index in [2.05, 4.69) is 16.8 Å².